The molecular formula is C24H24N2O2. The van der Waals surface area contributed by atoms with Gasteiger partial charge in [-0.2, -0.15) is 0 Å². The molecule has 0 aliphatic heterocycles. The summed E-state index contributed by atoms with van der Waals surface area (Å²) >= 11 is 0. The smallest absolute Gasteiger partial charge is 0.165 e. The first-order valence-corrected chi connectivity index (χ1v) is 9.86. The second-order valence-corrected chi connectivity index (χ2v) is 7.04. The molecular weight excluding hydrogens is 348 g/mol. The second-order valence-electron chi connectivity index (χ2n) is 7.04. The molecule has 142 valence electrons. The zero-order chi connectivity index (χ0) is 19.7. The van der Waals surface area contributed by atoms with Crippen LogP contribution in [0.4, 0.5) is 0 Å². The lowest BCUT2D eigenvalue weighted by Gasteiger charge is -2.00. The van der Waals surface area contributed by atoms with Gasteiger partial charge in [-0.05, 0) is 26.0 Å². The Hall–Kier alpha value is -3.14. The van der Waals surface area contributed by atoms with Gasteiger partial charge in [0.25, 0.3) is 0 Å². The van der Waals surface area contributed by atoms with Crippen molar-refractivity contribution in [3.05, 3.63) is 72.1 Å². The molecule has 0 N–H and O–H groups in total. The predicted molar refractivity (Wildman–Crippen MR) is 113 cm³/mol. The second kappa shape index (κ2) is 7.47. The van der Waals surface area contributed by atoms with Gasteiger partial charge < -0.3 is 9.13 Å². The lowest BCUT2D eigenvalue weighted by molar-refractivity contribution is 0.0919. The van der Waals surface area contributed by atoms with E-state index < -0.39 is 0 Å². The number of hydrogen-bond donors (Lipinski definition) is 0. The summed E-state index contributed by atoms with van der Waals surface area (Å²) < 4.78 is 4.17. The molecule has 28 heavy (non-hydrogen) atoms. The van der Waals surface area contributed by atoms with Crippen LogP contribution in [0.25, 0.3) is 21.8 Å². The monoisotopic (exact) mass is 372 g/mol. The number of aromatic nitrogens is 2. The zero-order valence-corrected chi connectivity index (χ0v) is 16.3. The highest BCUT2D eigenvalue weighted by atomic mass is 16.1. The van der Waals surface area contributed by atoms with Gasteiger partial charge in [0.1, 0.15) is 0 Å². The summed E-state index contributed by atoms with van der Waals surface area (Å²) in [6.45, 7) is 5.74. The molecule has 4 rings (SSSR count). The number of carbonyl (C=O) groups is 2. The van der Waals surface area contributed by atoms with Crippen LogP contribution in [0.3, 0.4) is 0 Å². The topological polar surface area (TPSA) is 44.0 Å². The molecule has 0 aliphatic rings. The molecule has 4 nitrogen and oxygen atoms in total. The molecule has 2 aromatic heterocycles. The Labute approximate surface area is 164 Å². The number of fused-ring (bicyclic) bond motifs is 2. The maximum atomic E-state index is 12.9. The van der Waals surface area contributed by atoms with Crippen molar-refractivity contribution in [2.45, 2.75) is 39.8 Å². The number of benzene rings is 2. The lowest BCUT2D eigenvalue weighted by atomic mass is 10.0. The third-order valence-electron chi connectivity index (χ3n) is 5.44. The zero-order valence-electron chi connectivity index (χ0n) is 16.3. The summed E-state index contributed by atoms with van der Waals surface area (Å²) in [7, 11) is 0. The van der Waals surface area contributed by atoms with Crippen molar-refractivity contribution in [3.63, 3.8) is 0 Å². The van der Waals surface area contributed by atoms with E-state index in [4.69, 9.17) is 0 Å². The number of hydrogen-bond acceptors (Lipinski definition) is 2. The van der Waals surface area contributed by atoms with Gasteiger partial charge in [0.05, 0.1) is 0 Å². The Balaban J connectivity index is 1.57. The van der Waals surface area contributed by atoms with Crippen LogP contribution in [-0.4, -0.2) is 20.7 Å². The molecule has 2 aromatic carbocycles. The van der Waals surface area contributed by atoms with Crippen LogP contribution in [0, 0.1) is 0 Å². The standard InChI is InChI=1S/C24H24N2O2/c1-3-25-15-19(17-9-5-7-11-21(17)25)23(27)13-14-24(28)20-16-26(4-2)22-12-8-6-10-18(20)22/h5-12,15-16H,3-4,13-14H2,1-2H3. The average molecular weight is 372 g/mol. The fourth-order valence-electron chi connectivity index (χ4n) is 3.96. The molecule has 0 bridgehead atoms. The van der Waals surface area contributed by atoms with E-state index in [0.717, 1.165) is 34.9 Å². The highest BCUT2D eigenvalue weighted by molar-refractivity contribution is 6.12. The summed E-state index contributed by atoms with van der Waals surface area (Å²) in [4.78, 5) is 25.8. The van der Waals surface area contributed by atoms with Crippen LogP contribution in [0.2, 0.25) is 0 Å². The average Bonchev–Trinajstić information content (AvgIpc) is 3.30. The van der Waals surface area contributed by atoms with Crippen molar-refractivity contribution < 1.29 is 9.59 Å². The van der Waals surface area contributed by atoms with Gasteiger partial charge in [-0.1, -0.05) is 36.4 Å². The summed E-state index contributed by atoms with van der Waals surface area (Å²) in [6, 6.07) is 15.9. The van der Waals surface area contributed by atoms with Crippen molar-refractivity contribution in [1.29, 1.82) is 0 Å². The number of ketones is 2. The van der Waals surface area contributed by atoms with Gasteiger partial charge in [0.2, 0.25) is 0 Å². The highest BCUT2D eigenvalue weighted by Crippen LogP contribution is 2.25. The van der Waals surface area contributed by atoms with Crippen molar-refractivity contribution in [2.75, 3.05) is 0 Å². The van der Waals surface area contributed by atoms with E-state index in [1.54, 1.807) is 0 Å². The van der Waals surface area contributed by atoms with Gasteiger partial charge in [-0.3, -0.25) is 9.59 Å². The van der Waals surface area contributed by atoms with Crippen LogP contribution in [0.15, 0.2) is 60.9 Å². The Morgan fingerprint density at radius 1 is 0.679 bits per heavy atom. The number of nitrogens with zero attached hydrogens (tertiary/aromatic N) is 2. The van der Waals surface area contributed by atoms with Gasteiger partial charge in [-0.15, -0.1) is 0 Å². The summed E-state index contributed by atoms with van der Waals surface area (Å²) in [5, 5.41) is 1.92. The normalized spacial score (nSPS) is 11.4. The highest BCUT2D eigenvalue weighted by Gasteiger charge is 2.18. The van der Waals surface area contributed by atoms with Crippen LogP contribution < -0.4 is 0 Å². The molecule has 0 aliphatic carbocycles. The maximum Gasteiger partial charge on any atom is 0.165 e. The van der Waals surface area contributed by atoms with Crippen molar-refractivity contribution in [3.8, 4) is 0 Å². The molecule has 0 fully saturated rings. The quantitative estimate of drug-likeness (QED) is 0.403. The van der Waals surface area contributed by atoms with Crippen LogP contribution >= 0.6 is 0 Å². The molecule has 4 aromatic rings. The molecule has 0 saturated carbocycles. The summed E-state index contributed by atoms with van der Waals surface area (Å²) in [6.07, 6.45) is 4.28. The number of carbonyl (C=O) groups excluding carboxylic acids is 2. The van der Waals surface area contributed by atoms with Crippen molar-refractivity contribution in [1.82, 2.24) is 9.13 Å². The van der Waals surface area contributed by atoms with E-state index >= 15 is 0 Å². The number of Topliss-reactive ketones (excluding diaryl/α,β-unsaturated/α-hetero) is 2. The van der Waals surface area contributed by atoms with Crippen LogP contribution in [0.5, 0.6) is 0 Å². The molecule has 0 radical (unpaired) electrons. The number of rotatable bonds is 7. The van der Waals surface area contributed by atoms with E-state index in [0.29, 0.717) is 11.1 Å². The maximum absolute atomic E-state index is 12.9. The molecule has 0 amide bonds. The largest absolute Gasteiger partial charge is 0.347 e. The van der Waals surface area contributed by atoms with Gasteiger partial charge >= 0.3 is 0 Å². The third kappa shape index (κ3) is 3.05. The Morgan fingerprint density at radius 2 is 1.07 bits per heavy atom. The molecule has 2 heterocycles. The van der Waals surface area contributed by atoms with E-state index in [9.17, 15) is 9.59 Å². The van der Waals surface area contributed by atoms with E-state index in [2.05, 4.69) is 23.0 Å². The Morgan fingerprint density at radius 3 is 1.46 bits per heavy atom. The van der Waals surface area contributed by atoms with Crippen LogP contribution in [-0.2, 0) is 13.1 Å². The van der Waals surface area contributed by atoms with E-state index in [1.807, 2.05) is 60.9 Å². The molecule has 4 heteroatoms. The first-order valence-electron chi connectivity index (χ1n) is 9.86. The molecule has 0 spiro atoms. The fourth-order valence-corrected chi connectivity index (χ4v) is 3.96. The minimum Gasteiger partial charge on any atom is -0.347 e. The van der Waals surface area contributed by atoms with Crippen LogP contribution in [0.1, 0.15) is 47.4 Å². The summed E-state index contributed by atoms with van der Waals surface area (Å²) in [5.41, 5.74) is 3.54. The fraction of sp³-hybridized carbons (Fsp3) is 0.250. The molecule has 0 saturated heterocycles. The minimum atomic E-state index is 0.0241. The first kappa shape index (κ1) is 18.2. The van der Waals surface area contributed by atoms with Crippen molar-refractivity contribution in [2.24, 2.45) is 0 Å². The third-order valence-corrected chi connectivity index (χ3v) is 5.44. The Bertz CT molecular complexity index is 1090. The minimum absolute atomic E-state index is 0.0241. The number of aryl methyl sites for hydroxylation is 2. The predicted octanol–water partition coefficient (Wildman–Crippen LogP) is 5.48. The van der Waals surface area contributed by atoms with Gasteiger partial charge in [0.15, 0.2) is 11.6 Å². The van der Waals surface area contributed by atoms with Gasteiger partial charge in [-0.25, -0.2) is 0 Å². The van der Waals surface area contributed by atoms with E-state index in [-0.39, 0.29) is 24.4 Å². The van der Waals surface area contributed by atoms with Gasteiger partial charge in [0, 0.05) is 71.3 Å². The SMILES string of the molecule is CCn1cc(C(=O)CCC(=O)c2cn(CC)c3ccccc23)c2ccccc21. The van der Waals surface area contributed by atoms with Crippen molar-refractivity contribution >= 4 is 33.4 Å². The molecule has 0 atom stereocenters. The number of para-hydroxylation sites is 2. The van der Waals surface area contributed by atoms with E-state index in [1.165, 1.54) is 0 Å². The first-order chi connectivity index (χ1) is 13.6. The summed E-state index contributed by atoms with van der Waals surface area (Å²) in [5.74, 6) is 0.0481. The Kier molecular flexibility index (Phi) is 4.86. The lowest BCUT2D eigenvalue weighted by Crippen LogP contribution is -2.05. The molecule has 0 unspecified atom stereocenters.